The average molecular weight is 354 g/mol. The highest BCUT2D eigenvalue weighted by molar-refractivity contribution is 7.15. The summed E-state index contributed by atoms with van der Waals surface area (Å²) in [6, 6.07) is 9.56. The maximum absolute atomic E-state index is 12.4. The third kappa shape index (κ3) is 3.59. The van der Waals surface area contributed by atoms with Crippen molar-refractivity contribution in [1.82, 2.24) is 25.3 Å². The second-order valence-electron chi connectivity index (χ2n) is 5.93. The van der Waals surface area contributed by atoms with Gasteiger partial charge in [-0.15, -0.1) is 16.4 Å². The lowest BCUT2D eigenvalue weighted by molar-refractivity contribution is 0.102. The van der Waals surface area contributed by atoms with Crippen molar-refractivity contribution in [2.24, 2.45) is 0 Å². The van der Waals surface area contributed by atoms with E-state index >= 15 is 0 Å². The minimum atomic E-state index is -0.298. The zero-order chi connectivity index (χ0) is 17.1. The van der Waals surface area contributed by atoms with Gasteiger partial charge in [-0.1, -0.05) is 23.4 Å². The van der Waals surface area contributed by atoms with Gasteiger partial charge >= 0.3 is 0 Å². The predicted octanol–water partition coefficient (Wildman–Crippen LogP) is 2.44. The molecule has 0 radical (unpaired) electrons. The number of piperidine rings is 1. The second-order valence-corrected chi connectivity index (χ2v) is 6.99. The van der Waals surface area contributed by atoms with Gasteiger partial charge in [0.05, 0.1) is 11.9 Å². The van der Waals surface area contributed by atoms with Crippen LogP contribution in [0.5, 0.6) is 0 Å². The van der Waals surface area contributed by atoms with Crippen molar-refractivity contribution >= 4 is 22.4 Å². The molecule has 2 N–H and O–H groups in total. The Balaban J connectivity index is 1.44. The summed E-state index contributed by atoms with van der Waals surface area (Å²) < 4.78 is 1.58. The summed E-state index contributed by atoms with van der Waals surface area (Å²) in [6.07, 6.45) is 5.71. The molecular weight excluding hydrogens is 336 g/mol. The molecule has 1 amide bonds. The van der Waals surface area contributed by atoms with Gasteiger partial charge in [0.15, 0.2) is 10.8 Å². The molecule has 1 saturated heterocycles. The fourth-order valence-electron chi connectivity index (χ4n) is 2.88. The first-order valence-corrected chi connectivity index (χ1v) is 9.07. The monoisotopic (exact) mass is 354 g/mol. The van der Waals surface area contributed by atoms with E-state index < -0.39 is 0 Å². The van der Waals surface area contributed by atoms with E-state index in [2.05, 4.69) is 25.9 Å². The van der Waals surface area contributed by atoms with E-state index in [-0.39, 0.29) is 11.6 Å². The molecule has 3 aromatic rings. The molecule has 25 heavy (non-hydrogen) atoms. The summed E-state index contributed by atoms with van der Waals surface area (Å²) in [6.45, 7) is 2.07. The highest BCUT2D eigenvalue weighted by Crippen LogP contribution is 2.31. The van der Waals surface area contributed by atoms with Crippen molar-refractivity contribution in [3.63, 3.8) is 0 Å². The van der Waals surface area contributed by atoms with Crippen LogP contribution in [-0.2, 0) is 0 Å². The zero-order valence-electron chi connectivity index (χ0n) is 13.6. The standard InChI is InChI=1S/C17H18N6OS/c24-16(14-11-23(22-21-14)13-4-2-1-3-5-13)20-17-19-10-15(25-17)12-6-8-18-9-7-12/h1-5,10-12,18H,6-9H2,(H,19,20,24). The molecule has 1 aromatic carbocycles. The number of nitrogens with one attached hydrogen (secondary N) is 2. The van der Waals surface area contributed by atoms with Crippen LogP contribution < -0.4 is 10.6 Å². The molecule has 7 nitrogen and oxygen atoms in total. The first kappa shape index (κ1) is 15.9. The second kappa shape index (κ2) is 7.12. The van der Waals surface area contributed by atoms with Gasteiger partial charge in [-0.3, -0.25) is 10.1 Å². The molecular formula is C17H18N6OS. The Morgan fingerprint density at radius 1 is 1.24 bits per heavy atom. The minimum absolute atomic E-state index is 0.266. The third-order valence-electron chi connectivity index (χ3n) is 4.23. The minimum Gasteiger partial charge on any atom is -0.317 e. The number of hydrogen-bond donors (Lipinski definition) is 2. The quantitative estimate of drug-likeness (QED) is 0.752. The molecule has 0 spiro atoms. The van der Waals surface area contributed by atoms with E-state index in [1.807, 2.05) is 36.5 Å². The van der Waals surface area contributed by atoms with Gasteiger partial charge < -0.3 is 5.32 Å². The molecule has 3 heterocycles. The molecule has 128 valence electrons. The fourth-order valence-corrected chi connectivity index (χ4v) is 3.86. The summed E-state index contributed by atoms with van der Waals surface area (Å²) in [5.74, 6) is 0.233. The van der Waals surface area contributed by atoms with Gasteiger partial charge in [-0.2, -0.15) is 0 Å². The number of hydrogen-bond acceptors (Lipinski definition) is 6. The predicted molar refractivity (Wildman–Crippen MR) is 96.3 cm³/mol. The van der Waals surface area contributed by atoms with E-state index in [1.165, 1.54) is 16.2 Å². The summed E-state index contributed by atoms with van der Waals surface area (Å²) >= 11 is 1.54. The van der Waals surface area contributed by atoms with Gasteiger partial charge in [-0.25, -0.2) is 9.67 Å². The van der Waals surface area contributed by atoms with Crippen LogP contribution in [0.25, 0.3) is 5.69 Å². The molecule has 0 saturated carbocycles. The number of anilines is 1. The maximum atomic E-state index is 12.4. The summed E-state index contributed by atoms with van der Waals surface area (Å²) in [5.41, 5.74) is 1.12. The Labute approximate surface area is 149 Å². The lowest BCUT2D eigenvalue weighted by atomic mass is 9.97. The third-order valence-corrected chi connectivity index (χ3v) is 5.31. The van der Waals surface area contributed by atoms with Crippen LogP contribution >= 0.6 is 11.3 Å². The Bertz CT molecular complexity index is 853. The van der Waals surface area contributed by atoms with Gasteiger partial charge in [-0.05, 0) is 44.0 Å². The van der Waals surface area contributed by atoms with Crippen LogP contribution in [0.2, 0.25) is 0 Å². The molecule has 1 aliphatic heterocycles. The molecule has 0 unspecified atom stereocenters. The van der Waals surface area contributed by atoms with Crippen LogP contribution in [0.1, 0.15) is 34.1 Å². The molecule has 0 atom stereocenters. The van der Waals surface area contributed by atoms with Crippen molar-refractivity contribution < 1.29 is 4.79 Å². The van der Waals surface area contributed by atoms with Gasteiger partial charge in [0.25, 0.3) is 5.91 Å². The molecule has 4 rings (SSSR count). The van der Waals surface area contributed by atoms with E-state index in [1.54, 1.807) is 10.9 Å². The Morgan fingerprint density at radius 2 is 2.04 bits per heavy atom. The van der Waals surface area contributed by atoms with Gasteiger partial charge in [0, 0.05) is 11.1 Å². The molecule has 1 aliphatic rings. The lowest BCUT2D eigenvalue weighted by Crippen LogP contribution is -2.26. The maximum Gasteiger partial charge on any atom is 0.279 e. The number of thiazole rings is 1. The van der Waals surface area contributed by atoms with Crippen LogP contribution in [0.15, 0.2) is 42.7 Å². The normalized spacial score (nSPS) is 15.2. The number of amides is 1. The highest BCUT2D eigenvalue weighted by atomic mass is 32.1. The van der Waals surface area contributed by atoms with E-state index in [0.29, 0.717) is 11.0 Å². The van der Waals surface area contributed by atoms with Crippen molar-refractivity contribution in [2.45, 2.75) is 18.8 Å². The smallest absolute Gasteiger partial charge is 0.279 e. The number of para-hydroxylation sites is 1. The van der Waals surface area contributed by atoms with E-state index in [0.717, 1.165) is 31.6 Å². The van der Waals surface area contributed by atoms with Gasteiger partial charge in [0.2, 0.25) is 0 Å². The van der Waals surface area contributed by atoms with E-state index in [9.17, 15) is 4.79 Å². The molecule has 0 aliphatic carbocycles. The zero-order valence-corrected chi connectivity index (χ0v) is 14.4. The van der Waals surface area contributed by atoms with Crippen LogP contribution in [-0.4, -0.2) is 39.0 Å². The fraction of sp³-hybridized carbons (Fsp3) is 0.294. The number of benzene rings is 1. The van der Waals surface area contributed by atoms with Crippen LogP contribution in [0.3, 0.4) is 0 Å². The summed E-state index contributed by atoms with van der Waals surface area (Å²) in [7, 11) is 0. The van der Waals surface area contributed by atoms with Gasteiger partial charge in [0.1, 0.15) is 0 Å². The van der Waals surface area contributed by atoms with Crippen molar-refractivity contribution in [2.75, 3.05) is 18.4 Å². The van der Waals surface area contributed by atoms with Crippen LogP contribution in [0.4, 0.5) is 5.13 Å². The topological polar surface area (TPSA) is 84.7 Å². The largest absolute Gasteiger partial charge is 0.317 e. The summed E-state index contributed by atoms with van der Waals surface area (Å²) in [5, 5.41) is 14.7. The Morgan fingerprint density at radius 3 is 2.84 bits per heavy atom. The number of aromatic nitrogens is 4. The Kier molecular flexibility index (Phi) is 4.53. The first-order chi connectivity index (χ1) is 12.3. The SMILES string of the molecule is O=C(Nc1ncc(C2CCNCC2)s1)c1cn(-c2ccccc2)nn1. The molecule has 0 bridgehead atoms. The van der Waals surface area contributed by atoms with Crippen molar-refractivity contribution in [3.05, 3.63) is 53.3 Å². The molecule has 2 aromatic heterocycles. The lowest BCUT2D eigenvalue weighted by Gasteiger charge is -2.20. The highest BCUT2D eigenvalue weighted by Gasteiger charge is 2.19. The van der Waals surface area contributed by atoms with E-state index in [4.69, 9.17) is 0 Å². The molecule has 1 fully saturated rings. The number of carbonyl (C=O) groups excluding carboxylic acids is 1. The van der Waals surface area contributed by atoms with Crippen LogP contribution in [0, 0.1) is 0 Å². The summed E-state index contributed by atoms with van der Waals surface area (Å²) in [4.78, 5) is 17.9. The number of nitrogens with zero attached hydrogens (tertiary/aromatic N) is 4. The Hall–Kier alpha value is -2.58. The molecule has 8 heteroatoms. The first-order valence-electron chi connectivity index (χ1n) is 8.25. The number of carbonyl (C=O) groups is 1. The average Bonchev–Trinajstić information content (AvgIpc) is 3.33. The van der Waals surface area contributed by atoms with Crippen molar-refractivity contribution in [1.29, 1.82) is 0 Å². The number of rotatable bonds is 4. The van der Waals surface area contributed by atoms with Crippen molar-refractivity contribution in [3.8, 4) is 5.69 Å².